The zero-order valence-electron chi connectivity index (χ0n) is 16.4. The maximum absolute atomic E-state index is 13.0. The van der Waals surface area contributed by atoms with E-state index in [1.807, 2.05) is 29.2 Å². The second-order valence-electron chi connectivity index (χ2n) is 7.85. The van der Waals surface area contributed by atoms with E-state index in [9.17, 15) is 4.79 Å². The number of rotatable bonds is 3. The van der Waals surface area contributed by atoms with Crippen molar-refractivity contribution in [3.63, 3.8) is 0 Å². The van der Waals surface area contributed by atoms with E-state index in [1.54, 1.807) is 7.11 Å². The first-order valence-electron chi connectivity index (χ1n) is 9.83. The number of carbonyl (C=O) groups is 1. The topological polar surface area (TPSA) is 32.8 Å². The number of likely N-dealkylation sites (N-methyl/N-ethyl adjacent to an activating group) is 1. The van der Waals surface area contributed by atoms with Crippen molar-refractivity contribution in [2.24, 2.45) is 0 Å². The molecule has 4 heteroatoms. The van der Waals surface area contributed by atoms with Crippen LogP contribution in [-0.2, 0) is 0 Å². The zero-order chi connectivity index (χ0) is 19.0. The number of methoxy groups -OCH3 is 1. The molecular formula is C23H28N2O2. The molecule has 2 bridgehead atoms. The predicted octanol–water partition coefficient (Wildman–Crippen LogP) is 3.98. The van der Waals surface area contributed by atoms with Gasteiger partial charge in [0, 0.05) is 30.7 Å². The fraction of sp³-hybridized carbons (Fsp3) is 0.435. The van der Waals surface area contributed by atoms with Gasteiger partial charge in [-0.25, -0.2) is 0 Å². The number of fused-ring (bicyclic) bond motifs is 2. The molecule has 2 aliphatic heterocycles. The van der Waals surface area contributed by atoms with Gasteiger partial charge in [0.2, 0.25) is 0 Å². The van der Waals surface area contributed by atoms with Gasteiger partial charge in [0.15, 0.2) is 0 Å². The summed E-state index contributed by atoms with van der Waals surface area (Å²) < 4.78 is 5.29. The molecular weight excluding hydrogens is 336 g/mol. The third kappa shape index (κ3) is 3.46. The van der Waals surface area contributed by atoms with Crippen molar-refractivity contribution in [2.45, 2.75) is 38.3 Å². The normalized spacial score (nSPS) is 22.6. The largest absolute Gasteiger partial charge is 0.497 e. The highest BCUT2D eigenvalue weighted by Gasteiger charge is 2.36. The highest BCUT2D eigenvalue weighted by Crippen LogP contribution is 2.30. The maximum atomic E-state index is 13.0. The molecule has 4 rings (SSSR count). The lowest BCUT2D eigenvalue weighted by Crippen LogP contribution is -2.39. The van der Waals surface area contributed by atoms with Gasteiger partial charge >= 0.3 is 0 Å². The van der Waals surface area contributed by atoms with Crippen LogP contribution in [0.25, 0.3) is 11.1 Å². The Bertz CT molecular complexity index is 831. The molecule has 0 aromatic heterocycles. The van der Waals surface area contributed by atoms with Crippen LogP contribution < -0.4 is 4.74 Å². The summed E-state index contributed by atoms with van der Waals surface area (Å²) in [6.45, 7) is 3.80. The number of ether oxygens (including phenoxy) is 1. The van der Waals surface area contributed by atoms with Crippen molar-refractivity contribution in [1.29, 1.82) is 0 Å². The van der Waals surface area contributed by atoms with Crippen molar-refractivity contribution < 1.29 is 9.53 Å². The van der Waals surface area contributed by atoms with Gasteiger partial charge in [-0.2, -0.15) is 0 Å². The van der Waals surface area contributed by atoms with E-state index in [4.69, 9.17) is 4.74 Å². The van der Waals surface area contributed by atoms with Gasteiger partial charge in [-0.1, -0.05) is 18.2 Å². The van der Waals surface area contributed by atoms with Crippen molar-refractivity contribution >= 4 is 5.91 Å². The van der Waals surface area contributed by atoms with Gasteiger partial charge in [0.05, 0.1) is 7.11 Å². The molecule has 0 spiro atoms. The van der Waals surface area contributed by atoms with Crippen molar-refractivity contribution in [3.05, 3.63) is 53.6 Å². The SMILES string of the molecule is COc1ccc(-c2ccc(C(=O)N3CCC4CCC(C3)N4C)cc2)c(C)c1. The molecule has 0 saturated carbocycles. The minimum absolute atomic E-state index is 0.161. The number of hydrogen-bond acceptors (Lipinski definition) is 3. The van der Waals surface area contributed by atoms with Crippen molar-refractivity contribution in [1.82, 2.24) is 9.80 Å². The lowest BCUT2D eigenvalue weighted by Gasteiger charge is -2.26. The van der Waals surface area contributed by atoms with Crippen LogP contribution in [0.4, 0.5) is 0 Å². The summed E-state index contributed by atoms with van der Waals surface area (Å²) in [6, 6.07) is 15.3. The molecule has 2 aromatic rings. The molecule has 1 amide bonds. The lowest BCUT2D eigenvalue weighted by atomic mass is 9.99. The summed E-state index contributed by atoms with van der Waals surface area (Å²) in [5.74, 6) is 1.03. The lowest BCUT2D eigenvalue weighted by molar-refractivity contribution is 0.0740. The molecule has 27 heavy (non-hydrogen) atoms. The molecule has 4 nitrogen and oxygen atoms in total. The molecule has 0 N–H and O–H groups in total. The highest BCUT2D eigenvalue weighted by molar-refractivity contribution is 5.94. The zero-order valence-corrected chi connectivity index (χ0v) is 16.4. The van der Waals surface area contributed by atoms with E-state index >= 15 is 0 Å². The van der Waals surface area contributed by atoms with E-state index in [0.717, 1.165) is 36.4 Å². The Hall–Kier alpha value is -2.33. The third-order valence-electron chi connectivity index (χ3n) is 6.31. The Morgan fingerprint density at radius 1 is 1.04 bits per heavy atom. The van der Waals surface area contributed by atoms with Crippen molar-refractivity contribution in [2.75, 3.05) is 27.2 Å². The maximum Gasteiger partial charge on any atom is 0.253 e. The van der Waals surface area contributed by atoms with E-state index in [2.05, 4.69) is 37.1 Å². The van der Waals surface area contributed by atoms with Crippen LogP contribution in [0.3, 0.4) is 0 Å². The summed E-state index contributed by atoms with van der Waals surface area (Å²) in [7, 11) is 3.89. The minimum atomic E-state index is 0.161. The molecule has 2 aromatic carbocycles. The van der Waals surface area contributed by atoms with E-state index in [1.165, 1.54) is 24.0 Å². The molecule has 0 radical (unpaired) electrons. The summed E-state index contributed by atoms with van der Waals surface area (Å²) in [4.78, 5) is 17.5. The average molecular weight is 364 g/mol. The minimum Gasteiger partial charge on any atom is -0.497 e. The first-order chi connectivity index (χ1) is 13.1. The molecule has 2 saturated heterocycles. The number of nitrogens with zero attached hydrogens (tertiary/aromatic N) is 2. The van der Waals surface area contributed by atoms with E-state index < -0.39 is 0 Å². The Balaban J connectivity index is 1.51. The average Bonchev–Trinajstić information content (AvgIpc) is 2.93. The van der Waals surface area contributed by atoms with Crippen molar-refractivity contribution in [3.8, 4) is 16.9 Å². The molecule has 2 heterocycles. The monoisotopic (exact) mass is 364 g/mol. The van der Waals surface area contributed by atoms with Crippen LogP contribution in [0.5, 0.6) is 5.75 Å². The van der Waals surface area contributed by atoms with Gasteiger partial charge in [-0.05, 0) is 74.2 Å². The van der Waals surface area contributed by atoms with Crippen LogP contribution in [0.15, 0.2) is 42.5 Å². The number of benzene rings is 2. The van der Waals surface area contributed by atoms with Gasteiger partial charge in [0.25, 0.3) is 5.91 Å². The second kappa shape index (κ2) is 7.35. The fourth-order valence-electron chi connectivity index (χ4n) is 4.56. The number of hydrogen-bond donors (Lipinski definition) is 0. The molecule has 2 atom stereocenters. The first kappa shape index (κ1) is 18.1. The van der Waals surface area contributed by atoms with E-state index in [-0.39, 0.29) is 5.91 Å². The van der Waals surface area contributed by atoms with Crippen LogP contribution in [0.1, 0.15) is 35.2 Å². The number of aryl methyl sites for hydroxylation is 1. The first-order valence-corrected chi connectivity index (χ1v) is 9.83. The van der Waals surface area contributed by atoms with Crippen LogP contribution in [0.2, 0.25) is 0 Å². The van der Waals surface area contributed by atoms with Gasteiger partial charge in [0.1, 0.15) is 5.75 Å². The van der Waals surface area contributed by atoms with Crippen LogP contribution in [-0.4, -0.2) is 55.0 Å². The Morgan fingerprint density at radius 2 is 1.78 bits per heavy atom. The smallest absolute Gasteiger partial charge is 0.253 e. The standard InChI is InChI=1S/C23H28N2O2/c1-16-14-21(27-3)10-11-22(16)17-4-6-18(7-5-17)23(26)25-13-12-19-8-9-20(15-25)24(19)2/h4-7,10-11,14,19-20H,8-9,12-13,15H2,1-3H3. The summed E-state index contributed by atoms with van der Waals surface area (Å²) in [6.07, 6.45) is 3.57. The van der Waals surface area contributed by atoms with Gasteiger partial charge in [-0.3, -0.25) is 9.69 Å². The Labute approximate surface area is 161 Å². The quantitative estimate of drug-likeness (QED) is 0.826. The molecule has 142 valence electrons. The second-order valence-corrected chi connectivity index (χ2v) is 7.85. The molecule has 2 fully saturated rings. The van der Waals surface area contributed by atoms with Gasteiger partial charge in [-0.15, -0.1) is 0 Å². The summed E-state index contributed by atoms with van der Waals surface area (Å²) >= 11 is 0. The van der Waals surface area contributed by atoms with E-state index in [0.29, 0.717) is 12.1 Å². The number of likely N-dealkylation sites (tertiary alicyclic amines) is 1. The molecule has 2 aliphatic rings. The highest BCUT2D eigenvalue weighted by atomic mass is 16.5. The van der Waals surface area contributed by atoms with Crippen LogP contribution >= 0.6 is 0 Å². The van der Waals surface area contributed by atoms with Gasteiger partial charge < -0.3 is 9.64 Å². The summed E-state index contributed by atoms with van der Waals surface area (Å²) in [5, 5.41) is 0. The third-order valence-corrected chi connectivity index (χ3v) is 6.31. The Kier molecular flexibility index (Phi) is 4.92. The predicted molar refractivity (Wildman–Crippen MR) is 108 cm³/mol. The molecule has 0 aliphatic carbocycles. The fourth-order valence-corrected chi connectivity index (χ4v) is 4.56. The Morgan fingerprint density at radius 3 is 2.48 bits per heavy atom. The summed E-state index contributed by atoms with van der Waals surface area (Å²) in [5.41, 5.74) is 4.25. The van der Waals surface area contributed by atoms with Crippen LogP contribution in [0, 0.1) is 6.92 Å². The number of carbonyl (C=O) groups excluding carboxylic acids is 1. The molecule has 2 unspecified atom stereocenters. The number of amides is 1.